The lowest BCUT2D eigenvalue weighted by Crippen LogP contribution is -2.05. The molecule has 0 spiro atoms. The summed E-state index contributed by atoms with van der Waals surface area (Å²) in [5, 5.41) is 0.660. The van der Waals surface area contributed by atoms with Crippen LogP contribution in [-0.2, 0) is 13.2 Å². The van der Waals surface area contributed by atoms with Crippen LogP contribution < -0.4 is 15.2 Å². The Hall–Kier alpha value is -1.23. The first-order chi connectivity index (χ1) is 10.2. The fourth-order valence-electron chi connectivity index (χ4n) is 1.94. The van der Waals surface area contributed by atoms with E-state index in [0.717, 1.165) is 15.6 Å². The molecule has 0 saturated carbocycles. The first kappa shape index (κ1) is 16.1. The van der Waals surface area contributed by atoms with E-state index in [0.29, 0.717) is 36.3 Å². The molecule has 0 atom stereocenters. The van der Waals surface area contributed by atoms with Crippen molar-refractivity contribution in [1.82, 2.24) is 0 Å². The Morgan fingerprint density at radius 1 is 1.14 bits per heavy atom. The maximum atomic E-state index is 6.20. The zero-order valence-electron chi connectivity index (χ0n) is 11.7. The second-order valence-corrected chi connectivity index (χ2v) is 5.73. The van der Waals surface area contributed by atoms with Gasteiger partial charge in [0.15, 0.2) is 11.5 Å². The van der Waals surface area contributed by atoms with Gasteiger partial charge in [0.1, 0.15) is 6.61 Å². The number of halogens is 2. The molecular formula is C16H17BrClNO2. The Morgan fingerprint density at radius 2 is 1.95 bits per heavy atom. The van der Waals surface area contributed by atoms with Crippen LogP contribution in [-0.4, -0.2) is 6.61 Å². The fraction of sp³-hybridized carbons (Fsp3) is 0.250. The van der Waals surface area contributed by atoms with Gasteiger partial charge >= 0.3 is 0 Å². The fourth-order valence-corrected chi connectivity index (χ4v) is 2.67. The Kier molecular flexibility index (Phi) is 5.91. The van der Waals surface area contributed by atoms with E-state index >= 15 is 0 Å². The predicted octanol–water partition coefficient (Wildman–Crippen LogP) is 4.54. The minimum atomic E-state index is 0.364. The first-order valence-electron chi connectivity index (χ1n) is 6.67. The summed E-state index contributed by atoms with van der Waals surface area (Å²) in [6.45, 7) is 3.27. The van der Waals surface area contributed by atoms with Gasteiger partial charge in [-0.15, -0.1) is 0 Å². The van der Waals surface area contributed by atoms with Crippen molar-refractivity contribution in [3.05, 3.63) is 57.0 Å². The van der Waals surface area contributed by atoms with Gasteiger partial charge in [-0.05, 0) is 25.1 Å². The van der Waals surface area contributed by atoms with Crippen LogP contribution in [0.2, 0.25) is 5.02 Å². The largest absolute Gasteiger partial charge is 0.490 e. The van der Waals surface area contributed by atoms with E-state index in [9.17, 15) is 0 Å². The van der Waals surface area contributed by atoms with Gasteiger partial charge < -0.3 is 15.2 Å². The Balaban J connectivity index is 2.22. The maximum Gasteiger partial charge on any atom is 0.166 e. The molecule has 112 valence electrons. The van der Waals surface area contributed by atoms with Crippen LogP contribution in [0.1, 0.15) is 18.1 Å². The Morgan fingerprint density at radius 3 is 2.62 bits per heavy atom. The summed E-state index contributed by atoms with van der Waals surface area (Å²) >= 11 is 9.59. The predicted molar refractivity (Wildman–Crippen MR) is 89.0 cm³/mol. The minimum absolute atomic E-state index is 0.364. The molecule has 2 N–H and O–H groups in total. The molecule has 0 bridgehead atoms. The molecule has 0 radical (unpaired) electrons. The number of nitrogens with two attached hydrogens (primary N) is 1. The molecule has 3 nitrogen and oxygen atoms in total. The highest BCUT2D eigenvalue weighted by Gasteiger charge is 2.11. The SMILES string of the molecule is CCOc1cccc(CN)c1OCc1ccc(Br)cc1Cl. The van der Waals surface area contributed by atoms with Gasteiger partial charge in [-0.2, -0.15) is 0 Å². The molecule has 2 aromatic rings. The lowest BCUT2D eigenvalue weighted by atomic mass is 10.2. The molecule has 21 heavy (non-hydrogen) atoms. The number of ether oxygens (including phenoxy) is 2. The van der Waals surface area contributed by atoms with E-state index < -0.39 is 0 Å². The highest BCUT2D eigenvalue weighted by Crippen LogP contribution is 2.32. The van der Waals surface area contributed by atoms with E-state index in [1.165, 1.54) is 0 Å². The molecular weight excluding hydrogens is 354 g/mol. The zero-order chi connectivity index (χ0) is 15.2. The molecule has 0 saturated heterocycles. The zero-order valence-corrected chi connectivity index (χ0v) is 14.1. The second kappa shape index (κ2) is 7.69. The van der Waals surface area contributed by atoms with Gasteiger partial charge in [-0.3, -0.25) is 0 Å². The third-order valence-corrected chi connectivity index (χ3v) is 3.81. The van der Waals surface area contributed by atoms with Crippen LogP contribution in [0.3, 0.4) is 0 Å². The van der Waals surface area contributed by atoms with Gasteiger partial charge in [-0.1, -0.05) is 45.7 Å². The van der Waals surface area contributed by atoms with Crippen LogP contribution >= 0.6 is 27.5 Å². The van der Waals surface area contributed by atoms with E-state index in [1.807, 2.05) is 43.3 Å². The summed E-state index contributed by atoms with van der Waals surface area (Å²) in [7, 11) is 0. The highest BCUT2D eigenvalue weighted by atomic mass is 79.9. The van der Waals surface area contributed by atoms with E-state index in [1.54, 1.807) is 0 Å². The van der Waals surface area contributed by atoms with Crippen LogP contribution in [0, 0.1) is 0 Å². The molecule has 2 rings (SSSR count). The number of rotatable bonds is 6. The Labute approximate surface area is 138 Å². The molecule has 0 unspecified atom stereocenters. The van der Waals surface area contributed by atoms with Crippen LogP contribution in [0.15, 0.2) is 40.9 Å². The molecule has 0 heterocycles. The van der Waals surface area contributed by atoms with Gasteiger partial charge in [-0.25, -0.2) is 0 Å². The van der Waals surface area contributed by atoms with Crippen molar-refractivity contribution in [1.29, 1.82) is 0 Å². The molecule has 0 amide bonds. The molecule has 0 aliphatic carbocycles. The van der Waals surface area contributed by atoms with E-state index in [-0.39, 0.29) is 0 Å². The average molecular weight is 371 g/mol. The van der Waals surface area contributed by atoms with E-state index in [2.05, 4.69) is 15.9 Å². The lowest BCUT2D eigenvalue weighted by Gasteiger charge is -2.15. The van der Waals surface area contributed by atoms with Crippen LogP contribution in [0.4, 0.5) is 0 Å². The van der Waals surface area contributed by atoms with Crippen molar-refractivity contribution in [3.8, 4) is 11.5 Å². The third-order valence-electron chi connectivity index (χ3n) is 2.97. The summed E-state index contributed by atoms with van der Waals surface area (Å²) < 4.78 is 12.4. The Bertz CT molecular complexity index is 619. The lowest BCUT2D eigenvalue weighted by molar-refractivity contribution is 0.267. The summed E-state index contributed by atoms with van der Waals surface area (Å²) in [5.41, 5.74) is 7.59. The topological polar surface area (TPSA) is 44.5 Å². The van der Waals surface area contributed by atoms with E-state index in [4.69, 9.17) is 26.8 Å². The monoisotopic (exact) mass is 369 g/mol. The van der Waals surface area contributed by atoms with Crippen molar-refractivity contribution in [2.45, 2.75) is 20.1 Å². The second-order valence-electron chi connectivity index (χ2n) is 4.41. The van der Waals surface area contributed by atoms with Crippen molar-refractivity contribution < 1.29 is 9.47 Å². The van der Waals surface area contributed by atoms with Crippen molar-refractivity contribution >= 4 is 27.5 Å². The number of hydrogen-bond acceptors (Lipinski definition) is 3. The molecule has 0 aromatic heterocycles. The minimum Gasteiger partial charge on any atom is -0.490 e. The van der Waals surface area contributed by atoms with Crippen LogP contribution in [0.5, 0.6) is 11.5 Å². The van der Waals surface area contributed by atoms with Crippen molar-refractivity contribution in [2.24, 2.45) is 5.73 Å². The third kappa shape index (κ3) is 4.13. The molecule has 5 heteroatoms. The van der Waals surface area contributed by atoms with Gasteiger partial charge in [0, 0.05) is 27.2 Å². The number of para-hydroxylation sites is 1. The molecule has 0 aliphatic heterocycles. The van der Waals surface area contributed by atoms with Crippen LogP contribution in [0.25, 0.3) is 0 Å². The van der Waals surface area contributed by atoms with Gasteiger partial charge in [0.25, 0.3) is 0 Å². The molecule has 0 aliphatic rings. The molecule has 0 fully saturated rings. The molecule has 2 aromatic carbocycles. The normalized spacial score (nSPS) is 10.5. The van der Waals surface area contributed by atoms with Crippen molar-refractivity contribution in [2.75, 3.05) is 6.61 Å². The van der Waals surface area contributed by atoms with Gasteiger partial charge in [0.2, 0.25) is 0 Å². The maximum absolute atomic E-state index is 6.20. The number of hydrogen-bond donors (Lipinski definition) is 1. The standard InChI is InChI=1S/C16H17BrClNO2/c1-2-20-15-5-3-4-11(9-19)16(15)21-10-12-6-7-13(17)8-14(12)18/h3-8H,2,9-10,19H2,1H3. The van der Waals surface area contributed by atoms with Crippen molar-refractivity contribution in [3.63, 3.8) is 0 Å². The van der Waals surface area contributed by atoms with Gasteiger partial charge in [0.05, 0.1) is 6.61 Å². The smallest absolute Gasteiger partial charge is 0.166 e. The summed E-state index contributed by atoms with van der Waals surface area (Å²) in [6, 6.07) is 11.4. The number of benzene rings is 2. The average Bonchev–Trinajstić information content (AvgIpc) is 2.47. The summed E-state index contributed by atoms with van der Waals surface area (Å²) in [4.78, 5) is 0. The quantitative estimate of drug-likeness (QED) is 0.812. The first-order valence-corrected chi connectivity index (χ1v) is 7.84. The summed E-state index contributed by atoms with van der Waals surface area (Å²) in [5.74, 6) is 1.38. The summed E-state index contributed by atoms with van der Waals surface area (Å²) in [6.07, 6.45) is 0. The highest BCUT2D eigenvalue weighted by molar-refractivity contribution is 9.10.